The molecule has 0 fully saturated rings. The van der Waals surface area contributed by atoms with Crippen LogP contribution in [0.15, 0.2) is 42.5 Å². The van der Waals surface area contributed by atoms with Crippen LogP contribution in [0.25, 0.3) is 0 Å². The van der Waals surface area contributed by atoms with Crippen LogP contribution in [0.5, 0.6) is 0 Å². The Labute approximate surface area is 94.7 Å². The van der Waals surface area contributed by atoms with Gasteiger partial charge in [0.2, 0.25) is 0 Å². The largest absolute Gasteiger partial charge is 0.460 e. The maximum atomic E-state index is 11.5. The quantitative estimate of drug-likeness (QED) is 0.442. The average molecular weight is 218 g/mol. The second-order valence-electron chi connectivity index (χ2n) is 3.55. The first-order valence-corrected chi connectivity index (χ1v) is 5.07. The lowest BCUT2D eigenvalue weighted by molar-refractivity contribution is -0.141. The molecule has 3 nitrogen and oxygen atoms in total. The molecule has 0 unspecified atom stereocenters. The molecule has 0 aliphatic rings. The standard InChI is InChI=1S/C13H14O3/c1-10(2)16-13(15)9-8-12(14)11-6-4-3-5-7-11/h3-10H,1-2H3. The van der Waals surface area contributed by atoms with Gasteiger partial charge in [-0.15, -0.1) is 0 Å². The fraction of sp³-hybridized carbons (Fsp3) is 0.231. The van der Waals surface area contributed by atoms with E-state index >= 15 is 0 Å². The summed E-state index contributed by atoms with van der Waals surface area (Å²) in [6, 6.07) is 8.76. The van der Waals surface area contributed by atoms with E-state index in [9.17, 15) is 9.59 Å². The maximum absolute atomic E-state index is 11.5. The lowest BCUT2D eigenvalue weighted by atomic mass is 10.1. The van der Waals surface area contributed by atoms with Gasteiger partial charge in [-0.3, -0.25) is 4.79 Å². The van der Waals surface area contributed by atoms with E-state index in [1.807, 2.05) is 6.07 Å². The van der Waals surface area contributed by atoms with Crippen LogP contribution in [0.4, 0.5) is 0 Å². The minimum absolute atomic E-state index is 0.177. The van der Waals surface area contributed by atoms with E-state index in [4.69, 9.17) is 4.74 Å². The van der Waals surface area contributed by atoms with Gasteiger partial charge in [0.25, 0.3) is 0 Å². The maximum Gasteiger partial charge on any atom is 0.331 e. The molecule has 0 spiro atoms. The predicted octanol–water partition coefficient (Wildman–Crippen LogP) is 2.38. The van der Waals surface area contributed by atoms with Crippen molar-refractivity contribution in [1.29, 1.82) is 0 Å². The SMILES string of the molecule is CC(C)OC(=O)C=CC(=O)c1ccccc1. The molecule has 3 heteroatoms. The molecule has 16 heavy (non-hydrogen) atoms. The molecule has 0 radical (unpaired) electrons. The Bertz CT molecular complexity index is 391. The number of allylic oxidation sites excluding steroid dienone is 1. The van der Waals surface area contributed by atoms with Crippen molar-refractivity contribution < 1.29 is 14.3 Å². The van der Waals surface area contributed by atoms with Crippen LogP contribution >= 0.6 is 0 Å². The molecule has 1 rings (SSSR count). The monoisotopic (exact) mass is 218 g/mol. The first-order chi connectivity index (χ1) is 7.59. The van der Waals surface area contributed by atoms with Crippen LogP contribution in [0.3, 0.4) is 0 Å². The van der Waals surface area contributed by atoms with Gasteiger partial charge in [0, 0.05) is 11.6 Å². The molecule has 0 heterocycles. The smallest absolute Gasteiger partial charge is 0.331 e. The highest BCUT2D eigenvalue weighted by atomic mass is 16.5. The molecule has 0 atom stereocenters. The molecule has 1 aromatic carbocycles. The Morgan fingerprint density at radius 2 is 1.75 bits per heavy atom. The summed E-state index contributed by atoms with van der Waals surface area (Å²) in [6.07, 6.45) is 2.19. The number of ether oxygens (including phenoxy) is 1. The zero-order valence-corrected chi connectivity index (χ0v) is 9.34. The third-order valence-electron chi connectivity index (χ3n) is 1.78. The molecule has 0 bridgehead atoms. The van der Waals surface area contributed by atoms with Crippen molar-refractivity contribution in [2.75, 3.05) is 0 Å². The summed E-state index contributed by atoms with van der Waals surface area (Å²) in [5.41, 5.74) is 0.552. The van der Waals surface area contributed by atoms with Crippen molar-refractivity contribution in [3.05, 3.63) is 48.0 Å². The van der Waals surface area contributed by atoms with Crippen LogP contribution < -0.4 is 0 Å². The normalized spacial score (nSPS) is 10.7. The highest BCUT2D eigenvalue weighted by molar-refractivity contribution is 6.06. The van der Waals surface area contributed by atoms with Crippen molar-refractivity contribution >= 4 is 11.8 Å². The average Bonchev–Trinajstić information content (AvgIpc) is 2.26. The minimum Gasteiger partial charge on any atom is -0.460 e. The summed E-state index contributed by atoms with van der Waals surface area (Å²) >= 11 is 0. The topological polar surface area (TPSA) is 43.4 Å². The van der Waals surface area contributed by atoms with Gasteiger partial charge in [-0.25, -0.2) is 4.79 Å². The van der Waals surface area contributed by atoms with Crippen molar-refractivity contribution in [2.45, 2.75) is 20.0 Å². The first kappa shape index (κ1) is 12.2. The summed E-state index contributed by atoms with van der Waals surface area (Å²) in [5.74, 6) is -0.708. The van der Waals surface area contributed by atoms with Crippen LogP contribution in [0.1, 0.15) is 24.2 Å². The second kappa shape index (κ2) is 5.85. The third-order valence-corrected chi connectivity index (χ3v) is 1.78. The first-order valence-electron chi connectivity index (χ1n) is 5.07. The molecular weight excluding hydrogens is 204 g/mol. The molecule has 0 saturated carbocycles. The molecule has 1 aromatic rings. The Balaban J connectivity index is 2.58. The van der Waals surface area contributed by atoms with E-state index < -0.39 is 5.97 Å². The number of esters is 1. The van der Waals surface area contributed by atoms with Gasteiger partial charge in [-0.1, -0.05) is 30.3 Å². The Morgan fingerprint density at radius 3 is 2.31 bits per heavy atom. The number of benzene rings is 1. The minimum atomic E-state index is -0.501. The highest BCUT2D eigenvalue weighted by Gasteiger charge is 2.03. The van der Waals surface area contributed by atoms with Crippen molar-refractivity contribution in [3.8, 4) is 0 Å². The fourth-order valence-corrected chi connectivity index (χ4v) is 1.11. The lowest BCUT2D eigenvalue weighted by Crippen LogP contribution is -2.09. The zero-order chi connectivity index (χ0) is 12.0. The van der Waals surface area contributed by atoms with Gasteiger partial charge in [0.1, 0.15) is 0 Å². The highest BCUT2D eigenvalue weighted by Crippen LogP contribution is 2.01. The summed E-state index contributed by atoms with van der Waals surface area (Å²) < 4.78 is 4.86. The van der Waals surface area contributed by atoms with E-state index in [0.29, 0.717) is 5.56 Å². The molecule has 0 saturated heterocycles. The molecule has 0 aromatic heterocycles. The lowest BCUT2D eigenvalue weighted by Gasteiger charge is -2.03. The summed E-state index contributed by atoms with van der Waals surface area (Å²) in [7, 11) is 0. The zero-order valence-electron chi connectivity index (χ0n) is 9.34. The number of carbonyl (C=O) groups excluding carboxylic acids is 2. The van der Waals surface area contributed by atoms with Crippen molar-refractivity contribution in [2.24, 2.45) is 0 Å². The Kier molecular flexibility index (Phi) is 4.45. The summed E-state index contributed by atoms with van der Waals surface area (Å²) in [5, 5.41) is 0. The van der Waals surface area contributed by atoms with Gasteiger partial charge >= 0.3 is 5.97 Å². The van der Waals surface area contributed by atoms with E-state index in [-0.39, 0.29) is 11.9 Å². The summed E-state index contributed by atoms with van der Waals surface area (Å²) in [4.78, 5) is 22.7. The van der Waals surface area contributed by atoms with Gasteiger partial charge in [-0.2, -0.15) is 0 Å². The molecule has 0 aliphatic heterocycles. The van der Waals surface area contributed by atoms with E-state index in [1.54, 1.807) is 38.1 Å². The number of ketones is 1. The third kappa shape index (κ3) is 4.09. The van der Waals surface area contributed by atoms with Gasteiger partial charge in [0.05, 0.1) is 6.10 Å². The van der Waals surface area contributed by atoms with Crippen LogP contribution in [-0.2, 0) is 9.53 Å². The van der Waals surface area contributed by atoms with Crippen molar-refractivity contribution in [3.63, 3.8) is 0 Å². The number of carbonyl (C=O) groups is 2. The Morgan fingerprint density at radius 1 is 1.12 bits per heavy atom. The van der Waals surface area contributed by atoms with Crippen molar-refractivity contribution in [1.82, 2.24) is 0 Å². The molecule has 0 aliphatic carbocycles. The number of hydrogen-bond donors (Lipinski definition) is 0. The number of hydrogen-bond acceptors (Lipinski definition) is 3. The molecule has 0 N–H and O–H groups in total. The molecular formula is C13H14O3. The van der Waals surface area contributed by atoms with E-state index in [0.717, 1.165) is 6.08 Å². The van der Waals surface area contributed by atoms with Crippen LogP contribution in [0, 0.1) is 0 Å². The van der Waals surface area contributed by atoms with E-state index in [1.165, 1.54) is 6.08 Å². The van der Waals surface area contributed by atoms with Gasteiger partial charge in [-0.05, 0) is 19.9 Å². The predicted molar refractivity (Wildman–Crippen MR) is 61.1 cm³/mol. The molecule has 0 amide bonds. The van der Waals surface area contributed by atoms with Crippen LogP contribution in [0.2, 0.25) is 0 Å². The second-order valence-corrected chi connectivity index (χ2v) is 3.55. The summed E-state index contributed by atoms with van der Waals surface area (Å²) in [6.45, 7) is 3.51. The fourth-order valence-electron chi connectivity index (χ4n) is 1.11. The number of rotatable bonds is 4. The van der Waals surface area contributed by atoms with E-state index in [2.05, 4.69) is 0 Å². The van der Waals surface area contributed by atoms with Crippen LogP contribution in [-0.4, -0.2) is 17.9 Å². The van der Waals surface area contributed by atoms with Gasteiger partial charge < -0.3 is 4.74 Å². The Hall–Kier alpha value is -1.90. The molecule has 84 valence electrons. The van der Waals surface area contributed by atoms with Gasteiger partial charge in [0.15, 0.2) is 5.78 Å².